The molecule has 0 saturated carbocycles. The molecule has 2 N–H and O–H groups in total. The number of hydrogen-bond donors (Lipinski definition) is 2. The molecule has 0 bridgehead atoms. The molecule has 3 amide bonds. The zero-order valence-corrected chi connectivity index (χ0v) is 20.6. The number of carbonyl (C=O) groups excluding carboxylic acids is 3. The van der Waals surface area contributed by atoms with Crippen LogP contribution in [0.4, 0.5) is 11.4 Å². The fraction of sp³-hybridized carbons (Fsp3) is 0.400. The zero-order chi connectivity index (χ0) is 24.1. The number of hydrogen-bond acceptors (Lipinski definition) is 5. The maximum absolute atomic E-state index is 12.5. The number of carbonyl (C=O) groups is 3. The second-order valence-corrected chi connectivity index (χ2v) is 9.49. The lowest BCUT2D eigenvalue weighted by atomic mass is 10.1. The third-order valence-electron chi connectivity index (χ3n) is 6.00. The molecule has 2 aromatic carbocycles. The Morgan fingerprint density at radius 3 is 2.71 bits per heavy atom. The van der Waals surface area contributed by atoms with Crippen LogP contribution in [0.15, 0.2) is 46.9 Å². The van der Waals surface area contributed by atoms with Gasteiger partial charge in [0.25, 0.3) is 5.91 Å². The topological polar surface area (TPSA) is 97.0 Å². The van der Waals surface area contributed by atoms with E-state index in [1.54, 1.807) is 29.2 Å². The van der Waals surface area contributed by atoms with Crippen LogP contribution in [0.5, 0.6) is 5.75 Å². The quantitative estimate of drug-likeness (QED) is 0.546. The van der Waals surface area contributed by atoms with Gasteiger partial charge in [0.1, 0.15) is 5.75 Å². The van der Waals surface area contributed by atoms with E-state index < -0.39 is 0 Å². The molecule has 2 heterocycles. The van der Waals surface area contributed by atoms with E-state index in [-0.39, 0.29) is 42.8 Å². The molecule has 0 aliphatic carbocycles. The molecule has 8 nitrogen and oxygen atoms in total. The van der Waals surface area contributed by atoms with Crippen molar-refractivity contribution in [1.29, 1.82) is 0 Å². The highest BCUT2D eigenvalue weighted by Crippen LogP contribution is 2.27. The highest BCUT2D eigenvalue weighted by atomic mass is 79.9. The Kier molecular flexibility index (Phi) is 7.84. The van der Waals surface area contributed by atoms with E-state index in [1.165, 1.54) is 0 Å². The number of halogens is 1. The van der Waals surface area contributed by atoms with Gasteiger partial charge in [-0.2, -0.15) is 0 Å². The molecule has 2 atom stereocenters. The SMILES string of the molecule is Cc1cc(Br)ccc1NC(=O)COc1ccc(N2C[C@@H](C(=O)NC[C@@H]3CCCO3)CC2=O)cc1. The van der Waals surface area contributed by atoms with Crippen molar-refractivity contribution in [2.75, 3.05) is 36.5 Å². The van der Waals surface area contributed by atoms with E-state index >= 15 is 0 Å². The van der Waals surface area contributed by atoms with Gasteiger partial charge in [-0.3, -0.25) is 14.4 Å². The summed E-state index contributed by atoms with van der Waals surface area (Å²) in [4.78, 5) is 38.8. The first-order chi connectivity index (χ1) is 16.4. The van der Waals surface area contributed by atoms with E-state index in [4.69, 9.17) is 9.47 Å². The summed E-state index contributed by atoms with van der Waals surface area (Å²) in [5.74, 6) is -0.325. The predicted octanol–water partition coefficient (Wildman–Crippen LogP) is 3.42. The van der Waals surface area contributed by atoms with Crippen molar-refractivity contribution in [3.8, 4) is 5.75 Å². The molecule has 2 aromatic rings. The Bertz CT molecular complexity index is 1050. The van der Waals surface area contributed by atoms with E-state index in [0.717, 1.165) is 35.2 Å². The second-order valence-electron chi connectivity index (χ2n) is 8.58. The molecule has 2 aliphatic rings. The van der Waals surface area contributed by atoms with Crippen LogP contribution < -0.4 is 20.3 Å². The number of nitrogens with zero attached hydrogens (tertiary/aromatic N) is 1. The fourth-order valence-electron chi connectivity index (χ4n) is 4.12. The summed E-state index contributed by atoms with van der Waals surface area (Å²) in [5, 5.41) is 5.75. The Morgan fingerprint density at radius 2 is 2.00 bits per heavy atom. The fourth-order valence-corrected chi connectivity index (χ4v) is 4.60. The number of benzene rings is 2. The monoisotopic (exact) mass is 529 g/mol. The van der Waals surface area contributed by atoms with E-state index in [0.29, 0.717) is 24.5 Å². The Balaban J connectivity index is 1.26. The lowest BCUT2D eigenvalue weighted by molar-refractivity contribution is -0.126. The van der Waals surface area contributed by atoms with Gasteiger partial charge in [0, 0.05) is 42.0 Å². The lowest BCUT2D eigenvalue weighted by Crippen LogP contribution is -2.37. The second kappa shape index (κ2) is 11.0. The molecule has 0 unspecified atom stereocenters. The average molecular weight is 530 g/mol. The van der Waals surface area contributed by atoms with Gasteiger partial charge in [0.15, 0.2) is 6.61 Å². The largest absolute Gasteiger partial charge is 0.484 e. The van der Waals surface area contributed by atoms with Crippen molar-refractivity contribution in [1.82, 2.24) is 5.32 Å². The first-order valence-electron chi connectivity index (χ1n) is 11.4. The number of anilines is 2. The standard InChI is InChI=1S/C25H28BrN3O5/c1-16-11-18(26)4-9-22(16)28-23(30)15-34-20-7-5-19(6-8-20)29-14-17(12-24(29)31)25(32)27-13-21-3-2-10-33-21/h4-9,11,17,21H,2-3,10,12-15H2,1H3,(H,27,32)(H,28,30)/t17-,21-/m0/s1. The molecular formula is C25H28BrN3O5. The first-order valence-corrected chi connectivity index (χ1v) is 12.2. The molecule has 2 fully saturated rings. The van der Waals surface area contributed by atoms with Crippen molar-refractivity contribution in [3.63, 3.8) is 0 Å². The summed E-state index contributed by atoms with van der Waals surface area (Å²) in [6.45, 7) is 3.35. The van der Waals surface area contributed by atoms with Crippen LogP contribution in [-0.4, -0.2) is 50.1 Å². The van der Waals surface area contributed by atoms with Gasteiger partial charge >= 0.3 is 0 Å². The summed E-state index contributed by atoms with van der Waals surface area (Å²) in [6.07, 6.45) is 2.23. The van der Waals surface area contributed by atoms with E-state index in [1.807, 2.05) is 25.1 Å². The normalized spacial score (nSPS) is 19.8. The Labute approximate surface area is 207 Å². The van der Waals surface area contributed by atoms with Crippen molar-refractivity contribution < 1.29 is 23.9 Å². The molecule has 180 valence electrons. The minimum absolute atomic E-state index is 0.0747. The molecule has 0 spiro atoms. The van der Waals surface area contributed by atoms with Gasteiger partial charge < -0.3 is 25.0 Å². The molecule has 4 rings (SSSR count). The zero-order valence-electron chi connectivity index (χ0n) is 19.0. The number of rotatable bonds is 8. The lowest BCUT2D eigenvalue weighted by Gasteiger charge is -2.18. The van der Waals surface area contributed by atoms with Crippen molar-refractivity contribution in [2.45, 2.75) is 32.3 Å². The Morgan fingerprint density at radius 1 is 1.21 bits per heavy atom. The van der Waals surface area contributed by atoms with Crippen molar-refractivity contribution in [2.24, 2.45) is 5.92 Å². The van der Waals surface area contributed by atoms with Gasteiger partial charge in [-0.1, -0.05) is 15.9 Å². The number of aryl methyl sites for hydroxylation is 1. The average Bonchev–Trinajstić information content (AvgIpc) is 3.48. The van der Waals surface area contributed by atoms with Crippen molar-refractivity contribution in [3.05, 3.63) is 52.5 Å². The van der Waals surface area contributed by atoms with Crippen LogP contribution in [0.25, 0.3) is 0 Å². The van der Waals surface area contributed by atoms with Gasteiger partial charge in [0.2, 0.25) is 11.8 Å². The van der Waals surface area contributed by atoms with Gasteiger partial charge in [-0.05, 0) is 67.8 Å². The highest BCUT2D eigenvalue weighted by Gasteiger charge is 2.35. The van der Waals surface area contributed by atoms with Gasteiger partial charge in [0.05, 0.1) is 12.0 Å². The third kappa shape index (κ3) is 6.15. The van der Waals surface area contributed by atoms with Crippen LogP contribution in [0, 0.1) is 12.8 Å². The number of nitrogens with one attached hydrogen (secondary N) is 2. The summed E-state index contributed by atoms with van der Waals surface area (Å²) < 4.78 is 12.1. The van der Waals surface area contributed by atoms with Crippen LogP contribution >= 0.6 is 15.9 Å². The third-order valence-corrected chi connectivity index (χ3v) is 6.50. The molecule has 2 aliphatic heterocycles. The maximum atomic E-state index is 12.5. The van der Waals surface area contributed by atoms with Crippen LogP contribution in [0.1, 0.15) is 24.8 Å². The minimum atomic E-state index is -0.379. The molecule has 0 radical (unpaired) electrons. The predicted molar refractivity (Wildman–Crippen MR) is 132 cm³/mol. The van der Waals surface area contributed by atoms with E-state index in [2.05, 4.69) is 26.6 Å². The summed E-state index contributed by atoms with van der Waals surface area (Å²) >= 11 is 3.40. The van der Waals surface area contributed by atoms with Crippen LogP contribution in [0.2, 0.25) is 0 Å². The first kappa shape index (κ1) is 24.2. The molecule has 9 heteroatoms. The van der Waals surface area contributed by atoms with Crippen LogP contribution in [-0.2, 0) is 19.1 Å². The van der Waals surface area contributed by atoms with Gasteiger partial charge in [-0.25, -0.2) is 0 Å². The van der Waals surface area contributed by atoms with Crippen LogP contribution in [0.3, 0.4) is 0 Å². The Hall–Kier alpha value is -2.91. The minimum Gasteiger partial charge on any atom is -0.484 e. The maximum Gasteiger partial charge on any atom is 0.262 e. The molecule has 34 heavy (non-hydrogen) atoms. The summed E-state index contributed by atoms with van der Waals surface area (Å²) in [5.41, 5.74) is 2.37. The molecule has 0 aromatic heterocycles. The van der Waals surface area contributed by atoms with Crippen molar-refractivity contribution >= 4 is 45.0 Å². The molecule has 2 saturated heterocycles. The summed E-state index contributed by atoms with van der Waals surface area (Å²) in [7, 11) is 0. The number of amides is 3. The number of ether oxygens (including phenoxy) is 2. The highest BCUT2D eigenvalue weighted by molar-refractivity contribution is 9.10. The van der Waals surface area contributed by atoms with E-state index in [9.17, 15) is 14.4 Å². The van der Waals surface area contributed by atoms with Gasteiger partial charge in [-0.15, -0.1) is 0 Å². The smallest absolute Gasteiger partial charge is 0.262 e. The summed E-state index contributed by atoms with van der Waals surface area (Å²) in [6, 6.07) is 12.6. The molecular weight excluding hydrogens is 502 g/mol.